The third kappa shape index (κ3) is 2.78. The van der Waals surface area contributed by atoms with Crippen LogP contribution in [-0.2, 0) is 4.74 Å². The molecule has 3 heterocycles. The summed E-state index contributed by atoms with van der Waals surface area (Å²) in [6, 6.07) is 4.11. The van der Waals surface area contributed by atoms with Gasteiger partial charge in [0.2, 0.25) is 0 Å². The maximum Gasteiger partial charge on any atom is 0.137 e. The fourth-order valence-corrected chi connectivity index (χ4v) is 2.76. The van der Waals surface area contributed by atoms with E-state index in [4.69, 9.17) is 9.47 Å². The molecule has 20 heavy (non-hydrogen) atoms. The summed E-state index contributed by atoms with van der Waals surface area (Å²) in [6.45, 7) is 3.35. The van der Waals surface area contributed by atoms with E-state index in [1.54, 1.807) is 7.11 Å². The number of ether oxygens (including phenoxy) is 2. The molecule has 0 unspecified atom stereocenters. The van der Waals surface area contributed by atoms with Gasteiger partial charge in [0.05, 0.1) is 24.5 Å². The van der Waals surface area contributed by atoms with E-state index in [0.717, 1.165) is 18.8 Å². The lowest BCUT2D eigenvalue weighted by molar-refractivity contribution is 0.146. The molecule has 0 radical (unpaired) electrons. The van der Waals surface area contributed by atoms with Gasteiger partial charge in [0.25, 0.3) is 0 Å². The molecule has 0 aliphatic carbocycles. The molecule has 1 aliphatic rings. The highest BCUT2D eigenvalue weighted by Gasteiger charge is 2.19. The summed E-state index contributed by atoms with van der Waals surface area (Å²) >= 11 is 0. The number of methoxy groups -OCH3 is 1. The minimum atomic E-state index is 0.560. The van der Waals surface area contributed by atoms with Gasteiger partial charge in [0, 0.05) is 12.7 Å². The molecular weight excluding hydrogens is 254 g/mol. The fourth-order valence-electron chi connectivity index (χ4n) is 2.76. The van der Waals surface area contributed by atoms with E-state index in [1.807, 2.05) is 23.0 Å². The van der Waals surface area contributed by atoms with E-state index in [2.05, 4.69) is 16.5 Å². The predicted molar refractivity (Wildman–Crippen MR) is 77.4 cm³/mol. The Morgan fingerprint density at radius 3 is 2.95 bits per heavy atom. The minimum Gasteiger partial charge on any atom is -0.490 e. The highest BCUT2D eigenvalue weighted by Crippen LogP contribution is 2.29. The van der Waals surface area contributed by atoms with Gasteiger partial charge in [-0.05, 0) is 44.0 Å². The Balaban J connectivity index is 1.78. The van der Waals surface area contributed by atoms with Crippen LogP contribution in [0.4, 0.5) is 0 Å². The molecule has 3 rings (SSSR count). The average molecular weight is 275 g/mol. The van der Waals surface area contributed by atoms with Crippen molar-refractivity contribution in [2.24, 2.45) is 0 Å². The largest absolute Gasteiger partial charge is 0.490 e. The molecule has 5 nitrogen and oxygen atoms in total. The number of pyridine rings is 1. The molecule has 1 saturated heterocycles. The van der Waals surface area contributed by atoms with Crippen molar-refractivity contribution in [2.75, 3.05) is 33.4 Å². The number of rotatable bonds is 5. The molecule has 5 heteroatoms. The van der Waals surface area contributed by atoms with Crippen LogP contribution in [0.5, 0.6) is 5.75 Å². The molecule has 0 amide bonds. The van der Waals surface area contributed by atoms with Gasteiger partial charge in [-0.25, -0.2) is 4.52 Å². The third-order valence-electron chi connectivity index (χ3n) is 3.85. The second-order valence-corrected chi connectivity index (χ2v) is 5.16. The van der Waals surface area contributed by atoms with Gasteiger partial charge in [-0.3, -0.25) is 0 Å². The van der Waals surface area contributed by atoms with Crippen molar-refractivity contribution in [3.05, 3.63) is 30.1 Å². The van der Waals surface area contributed by atoms with Gasteiger partial charge in [-0.15, -0.1) is 0 Å². The first-order chi connectivity index (χ1) is 9.88. The van der Waals surface area contributed by atoms with Gasteiger partial charge in [0.15, 0.2) is 0 Å². The Kier molecular flexibility index (Phi) is 4.18. The van der Waals surface area contributed by atoms with Gasteiger partial charge in [0.1, 0.15) is 12.4 Å². The van der Waals surface area contributed by atoms with Gasteiger partial charge in [-0.2, -0.15) is 5.10 Å². The molecular formula is C15H21N3O2. The second kappa shape index (κ2) is 6.24. The topological polar surface area (TPSA) is 47.8 Å². The first-order valence-corrected chi connectivity index (χ1v) is 7.18. The summed E-state index contributed by atoms with van der Waals surface area (Å²) in [7, 11) is 1.67. The van der Waals surface area contributed by atoms with Crippen molar-refractivity contribution < 1.29 is 9.47 Å². The zero-order chi connectivity index (χ0) is 13.8. The lowest BCUT2D eigenvalue weighted by Gasteiger charge is -2.21. The van der Waals surface area contributed by atoms with E-state index < -0.39 is 0 Å². The maximum atomic E-state index is 5.61. The zero-order valence-electron chi connectivity index (χ0n) is 11.8. The summed E-state index contributed by atoms with van der Waals surface area (Å²) < 4.78 is 12.5. The van der Waals surface area contributed by atoms with E-state index in [-0.39, 0.29) is 0 Å². The van der Waals surface area contributed by atoms with E-state index in [1.165, 1.54) is 23.9 Å². The molecule has 0 bridgehead atoms. The van der Waals surface area contributed by atoms with Crippen molar-refractivity contribution in [2.45, 2.75) is 18.8 Å². The smallest absolute Gasteiger partial charge is 0.137 e. The highest BCUT2D eigenvalue weighted by molar-refractivity contribution is 5.56. The van der Waals surface area contributed by atoms with E-state index >= 15 is 0 Å². The number of aromatic nitrogens is 2. The van der Waals surface area contributed by atoms with Crippen molar-refractivity contribution in [3.63, 3.8) is 0 Å². The SMILES string of the molecule is COCCOc1ccc2c(C3CCNCC3)cnn2c1. The van der Waals surface area contributed by atoms with Gasteiger partial charge < -0.3 is 14.8 Å². The monoisotopic (exact) mass is 275 g/mol. The molecule has 1 aliphatic heterocycles. The molecule has 0 atom stereocenters. The quantitative estimate of drug-likeness (QED) is 0.846. The van der Waals surface area contributed by atoms with Crippen molar-refractivity contribution in [1.82, 2.24) is 14.9 Å². The Hall–Kier alpha value is -1.59. The maximum absolute atomic E-state index is 5.61. The van der Waals surface area contributed by atoms with E-state index in [9.17, 15) is 0 Å². The highest BCUT2D eigenvalue weighted by atomic mass is 16.5. The molecule has 2 aromatic rings. The van der Waals surface area contributed by atoms with Crippen LogP contribution in [0, 0.1) is 0 Å². The zero-order valence-corrected chi connectivity index (χ0v) is 11.8. The van der Waals surface area contributed by atoms with Crippen LogP contribution >= 0.6 is 0 Å². The standard InChI is InChI=1S/C15H21N3O2/c1-19-8-9-20-13-2-3-15-14(10-17-18(15)11-13)12-4-6-16-7-5-12/h2-3,10-12,16H,4-9H2,1H3. The number of piperidine rings is 1. The normalized spacial score (nSPS) is 16.6. The second-order valence-electron chi connectivity index (χ2n) is 5.16. The lowest BCUT2D eigenvalue weighted by Crippen LogP contribution is -2.26. The Morgan fingerprint density at radius 1 is 1.30 bits per heavy atom. The Labute approximate surface area is 118 Å². The van der Waals surface area contributed by atoms with Crippen LogP contribution in [0.25, 0.3) is 5.52 Å². The molecule has 0 spiro atoms. The van der Waals surface area contributed by atoms with Crippen LogP contribution in [0.3, 0.4) is 0 Å². The van der Waals surface area contributed by atoms with Crippen LogP contribution < -0.4 is 10.1 Å². The van der Waals surface area contributed by atoms with Crippen molar-refractivity contribution in [3.8, 4) is 5.75 Å². The van der Waals surface area contributed by atoms with Crippen LogP contribution in [0.2, 0.25) is 0 Å². The number of hydrogen-bond donors (Lipinski definition) is 1. The third-order valence-corrected chi connectivity index (χ3v) is 3.85. The van der Waals surface area contributed by atoms with Crippen molar-refractivity contribution >= 4 is 5.52 Å². The van der Waals surface area contributed by atoms with Crippen LogP contribution in [0.15, 0.2) is 24.5 Å². The summed E-state index contributed by atoms with van der Waals surface area (Å²) in [6.07, 6.45) is 6.32. The molecule has 2 aromatic heterocycles. The summed E-state index contributed by atoms with van der Waals surface area (Å²) in [5.74, 6) is 1.45. The predicted octanol–water partition coefficient (Wildman–Crippen LogP) is 1.83. The number of nitrogens with one attached hydrogen (secondary N) is 1. The molecule has 108 valence electrons. The fraction of sp³-hybridized carbons (Fsp3) is 0.533. The van der Waals surface area contributed by atoms with Crippen LogP contribution in [-0.4, -0.2) is 43.0 Å². The lowest BCUT2D eigenvalue weighted by atomic mass is 9.91. The minimum absolute atomic E-state index is 0.560. The van der Waals surface area contributed by atoms with Gasteiger partial charge >= 0.3 is 0 Å². The molecule has 0 aromatic carbocycles. The number of fused-ring (bicyclic) bond motifs is 1. The Morgan fingerprint density at radius 2 is 2.15 bits per heavy atom. The average Bonchev–Trinajstić information content (AvgIpc) is 2.91. The first kappa shape index (κ1) is 13.4. The summed E-state index contributed by atoms with van der Waals surface area (Å²) in [5, 5.41) is 7.87. The molecule has 1 N–H and O–H groups in total. The van der Waals surface area contributed by atoms with Crippen molar-refractivity contribution in [1.29, 1.82) is 0 Å². The summed E-state index contributed by atoms with van der Waals surface area (Å²) in [5.41, 5.74) is 2.55. The Bertz CT molecular complexity index is 561. The first-order valence-electron chi connectivity index (χ1n) is 7.18. The van der Waals surface area contributed by atoms with Crippen LogP contribution in [0.1, 0.15) is 24.3 Å². The van der Waals surface area contributed by atoms with Gasteiger partial charge in [-0.1, -0.05) is 0 Å². The van der Waals surface area contributed by atoms with E-state index in [0.29, 0.717) is 19.1 Å². The number of hydrogen-bond acceptors (Lipinski definition) is 4. The molecule has 0 saturated carbocycles. The molecule has 1 fully saturated rings. The number of nitrogens with zero attached hydrogens (tertiary/aromatic N) is 2. The summed E-state index contributed by atoms with van der Waals surface area (Å²) in [4.78, 5) is 0.